The second-order valence-electron chi connectivity index (χ2n) is 15.6. The van der Waals surface area contributed by atoms with E-state index in [0.29, 0.717) is 24.2 Å². The molecule has 0 spiro atoms. The van der Waals surface area contributed by atoms with Crippen molar-refractivity contribution in [3.8, 4) is 22.3 Å². The van der Waals surface area contributed by atoms with E-state index in [-0.39, 0.29) is 17.7 Å². The van der Waals surface area contributed by atoms with Crippen molar-refractivity contribution in [1.82, 2.24) is 34.7 Å². The van der Waals surface area contributed by atoms with E-state index in [2.05, 4.69) is 76.5 Å². The molecule has 0 unspecified atom stereocenters. The van der Waals surface area contributed by atoms with E-state index >= 15 is 0 Å². The Morgan fingerprint density at radius 1 is 0.981 bits per heavy atom. The minimum Gasteiger partial charge on any atom is -0.360 e. The summed E-state index contributed by atoms with van der Waals surface area (Å²) in [4.78, 5) is 27.9. The van der Waals surface area contributed by atoms with Gasteiger partial charge >= 0.3 is 0 Å². The molecule has 3 aromatic heterocycles. The Labute approximate surface area is 306 Å². The Kier molecular flexibility index (Phi) is 10.0. The van der Waals surface area contributed by atoms with Crippen molar-refractivity contribution >= 4 is 25.6 Å². The second-order valence-corrected chi connectivity index (χ2v) is 21.2. The number of amides is 2. The van der Waals surface area contributed by atoms with Crippen LogP contribution in [0.2, 0.25) is 25.7 Å². The molecule has 7 rings (SSSR count). The molecule has 12 heteroatoms. The fourth-order valence-corrected chi connectivity index (χ4v) is 8.01. The molecule has 3 heterocycles. The number of carbonyl (C=O) groups is 2. The van der Waals surface area contributed by atoms with Crippen LogP contribution in [0.3, 0.4) is 0 Å². The fraction of sp³-hybridized carbons (Fsp3) is 0.425. The van der Waals surface area contributed by atoms with Gasteiger partial charge in [0.05, 0.1) is 17.9 Å². The van der Waals surface area contributed by atoms with Gasteiger partial charge in [-0.15, -0.1) is 0 Å². The summed E-state index contributed by atoms with van der Waals surface area (Å²) in [6.07, 6.45) is 10.6. The van der Waals surface area contributed by atoms with E-state index < -0.39 is 14.1 Å². The first kappa shape index (κ1) is 35.6. The topological polar surface area (TPSA) is 121 Å². The van der Waals surface area contributed by atoms with Crippen molar-refractivity contribution in [2.45, 2.75) is 96.4 Å². The molecule has 2 aliphatic carbocycles. The summed E-state index contributed by atoms with van der Waals surface area (Å²) < 4.78 is 11.5. The zero-order valence-electron chi connectivity index (χ0n) is 31.1. The number of anilines is 1. The number of rotatable bonds is 13. The zero-order chi connectivity index (χ0) is 36.6. The van der Waals surface area contributed by atoms with E-state index in [1.54, 1.807) is 19.3 Å². The van der Waals surface area contributed by atoms with Crippen LogP contribution in [-0.4, -0.2) is 61.9 Å². The summed E-state index contributed by atoms with van der Waals surface area (Å²) in [5, 5.41) is 19.8. The predicted molar refractivity (Wildman–Crippen MR) is 206 cm³/mol. The lowest BCUT2D eigenvalue weighted by Crippen LogP contribution is -2.48. The van der Waals surface area contributed by atoms with Gasteiger partial charge in [-0.25, -0.2) is 4.68 Å². The van der Waals surface area contributed by atoms with Gasteiger partial charge < -0.3 is 15.4 Å². The smallest absolute Gasteiger partial charge is 0.270 e. The van der Waals surface area contributed by atoms with Gasteiger partial charge in [-0.1, -0.05) is 50.0 Å². The van der Waals surface area contributed by atoms with Crippen molar-refractivity contribution in [3.63, 3.8) is 0 Å². The van der Waals surface area contributed by atoms with Gasteiger partial charge in [0, 0.05) is 62.5 Å². The summed E-state index contributed by atoms with van der Waals surface area (Å²) >= 11 is 0. The van der Waals surface area contributed by atoms with E-state index in [1.807, 2.05) is 42.1 Å². The van der Waals surface area contributed by atoms with Crippen LogP contribution in [0.4, 0.5) is 5.69 Å². The van der Waals surface area contributed by atoms with Crippen LogP contribution in [0.15, 0.2) is 67.1 Å². The lowest BCUT2D eigenvalue weighted by Gasteiger charge is -2.32. The van der Waals surface area contributed by atoms with Crippen molar-refractivity contribution in [2.24, 2.45) is 7.05 Å². The fourth-order valence-electron chi connectivity index (χ4n) is 7.26. The molecule has 2 N–H and O–H groups in total. The molecule has 5 aromatic rings. The highest BCUT2D eigenvalue weighted by Crippen LogP contribution is 2.39. The molecule has 1 fully saturated rings. The SMILES string of the molecule is Cc1nn(COCC[Si](C)(C)C)c(C)c1-c1ccc(NC(=O)[C@@H](NC(=O)c2ccnn2C)[C@@H]2CCCc3ccc(-c4cnn(C5CC5)c4)cc32)cc1. The normalized spacial score (nSPS) is 16.4. The van der Waals surface area contributed by atoms with E-state index in [1.165, 1.54) is 23.1 Å². The Morgan fingerprint density at radius 2 is 1.75 bits per heavy atom. The van der Waals surface area contributed by atoms with Gasteiger partial charge in [0.1, 0.15) is 18.5 Å². The molecule has 11 nitrogen and oxygen atoms in total. The van der Waals surface area contributed by atoms with Crippen LogP contribution in [0.25, 0.3) is 22.3 Å². The molecule has 0 aliphatic heterocycles. The monoisotopic (exact) mass is 718 g/mol. The standard InChI is InChI=1S/C40H50N8O3Si/c1-26-37(27(2)48(45-26)25-51-20-21-52(4,5)6)29-12-14-32(15-13-29)43-40(50)38(44-39(49)36-18-19-41-46(36)3)34-9-7-8-28-10-11-30(22-35(28)34)31-23-42-47(24-31)33-16-17-33/h10-15,18-19,22-24,33-34,38H,7-9,16-17,20-21,25H2,1-6H3,(H,43,50)(H,44,49)/t34-,38+/m1/s1. The van der Waals surface area contributed by atoms with Gasteiger partial charge in [0.15, 0.2) is 0 Å². The summed E-state index contributed by atoms with van der Waals surface area (Å²) in [5.41, 5.74) is 9.52. The average Bonchev–Trinajstić information content (AvgIpc) is 3.55. The van der Waals surface area contributed by atoms with Crippen molar-refractivity contribution in [1.29, 1.82) is 0 Å². The van der Waals surface area contributed by atoms with Crippen molar-refractivity contribution in [2.75, 3.05) is 11.9 Å². The third kappa shape index (κ3) is 7.82. The highest BCUT2D eigenvalue weighted by molar-refractivity contribution is 6.76. The van der Waals surface area contributed by atoms with Gasteiger partial charge in [-0.05, 0) is 92.4 Å². The third-order valence-electron chi connectivity index (χ3n) is 10.4. The third-order valence-corrected chi connectivity index (χ3v) is 12.1. The van der Waals surface area contributed by atoms with Gasteiger partial charge in [0.25, 0.3) is 5.91 Å². The van der Waals surface area contributed by atoms with Crippen molar-refractivity contribution < 1.29 is 14.3 Å². The summed E-state index contributed by atoms with van der Waals surface area (Å²) in [7, 11) is 0.558. The first-order chi connectivity index (χ1) is 24.9. The number of hydrogen-bond donors (Lipinski definition) is 2. The number of carbonyl (C=O) groups excluding carboxylic acids is 2. The quantitative estimate of drug-likeness (QED) is 0.0977. The van der Waals surface area contributed by atoms with Crippen LogP contribution in [0.5, 0.6) is 0 Å². The molecular weight excluding hydrogens is 669 g/mol. The summed E-state index contributed by atoms with van der Waals surface area (Å²) in [5.74, 6) is -0.816. The Balaban J connectivity index is 1.12. The molecule has 2 amide bonds. The maximum atomic E-state index is 14.3. The molecule has 0 saturated heterocycles. The number of benzene rings is 2. The Bertz CT molecular complexity index is 2070. The molecule has 2 aromatic carbocycles. The molecule has 0 bridgehead atoms. The number of fused-ring (bicyclic) bond motifs is 1. The first-order valence-electron chi connectivity index (χ1n) is 18.4. The molecule has 52 heavy (non-hydrogen) atoms. The molecule has 272 valence electrons. The van der Waals surface area contributed by atoms with Crippen LogP contribution < -0.4 is 10.6 Å². The molecule has 0 radical (unpaired) electrons. The Hall–Kier alpha value is -4.81. The maximum absolute atomic E-state index is 14.3. The van der Waals surface area contributed by atoms with E-state index in [9.17, 15) is 9.59 Å². The molecule has 2 atom stereocenters. The minimum absolute atomic E-state index is 0.220. The van der Waals surface area contributed by atoms with Gasteiger partial charge in [-0.3, -0.25) is 19.0 Å². The summed E-state index contributed by atoms with van der Waals surface area (Å²) in [6, 6.07) is 16.8. The second kappa shape index (κ2) is 14.7. The highest BCUT2D eigenvalue weighted by Gasteiger charge is 2.35. The average molecular weight is 719 g/mol. The first-order valence-corrected chi connectivity index (χ1v) is 22.1. The van der Waals surface area contributed by atoms with Gasteiger partial charge in [-0.2, -0.15) is 15.3 Å². The number of nitrogens with one attached hydrogen (secondary N) is 2. The van der Waals surface area contributed by atoms with Crippen LogP contribution in [0.1, 0.15) is 70.6 Å². The lowest BCUT2D eigenvalue weighted by atomic mass is 9.77. The number of aryl methyl sites for hydroxylation is 3. The van der Waals surface area contributed by atoms with E-state index in [4.69, 9.17) is 9.84 Å². The number of aromatic nitrogens is 6. The zero-order valence-corrected chi connectivity index (χ0v) is 32.1. The summed E-state index contributed by atoms with van der Waals surface area (Å²) in [6.45, 7) is 12.3. The highest BCUT2D eigenvalue weighted by atomic mass is 28.3. The molecule has 2 aliphatic rings. The largest absolute Gasteiger partial charge is 0.360 e. The lowest BCUT2D eigenvalue weighted by molar-refractivity contribution is -0.118. The molecule has 1 saturated carbocycles. The van der Waals surface area contributed by atoms with Crippen LogP contribution >= 0.6 is 0 Å². The van der Waals surface area contributed by atoms with Crippen LogP contribution in [0, 0.1) is 13.8 Å². The maximum Gasteiger partial charge on any atom is 0.270 e. The Morgan fingerprint density at radius 3 is 2.46 bits per heavy atom. The number of hydrogen-bond acceptors (Lipinski definition) is 6. The predicted octanol–water partition coefficient (Wildman–Crippen LogP) is 7.27. The molecular formula is C40H50N8O3Si. The van der Waals surface area contributed by atoms with Gasteiger partial charge in [0.2, 0.25) is 5.91 Å². The minimum atomic E-state index is -1.17. The number of ether oxygens (including phenoxy) is 1. The van der Waals surface area contributed by atoms with E-state index in [0.717, 1.165) is 71.1 Å². The van der Waals surface area contributed by atoms with Crippen LogP contribution in [-0.2, 0) is 29.7 Å². The number of nitrogens with zero attached hydrogens (tertiary/aromatic N) is 6. The van der Waals surface area contributed by atoms with Crippen molar-refractivity contribution in [3.05, 3.63) is 95.3 Å².